The molecule has 0 saturated carbocycles. The summed E-state index contributed by atoms with van der Waals surface area (Å²) in [6, 6.07) is 7.40. The summed E-state index contributed by atoms with van der Waals surface area (Å²) in [7, 11) is 1.64. The Kier molecular flexibility index (Phi) is 5.36. The van der Waals surface area contributed by atoms with E-state index >= 15 is 0 Å². The normalized spacial score (nSPS) is 12.9. The molecule has 0 aromatic heterocycles. The third kappa shape index (κ3) is 5.75. The van der Waals surface area contributed by atoms with Gasteiger partial charge in [0.05, 0.1) is 7.11 Å². The van der Waals surface area contributed by atoms with Crippen molar-refractivity contribution < 1.29 is 14.3 Å². The van der Waals surface area contributed by atoms with Crippen LogP contribution in [0.3, 0.4) is 0 Å². The molecule has 0 aliphatic carbocycles. The van der Waals surface area contributed by atoms with Crippen molar-refractivity contribution in [2.24, 2.45) is 0 Å². The molecule has 1 rings (SSSR count). The fraction of sp³-hybridized carbons (Fsp3) is 0.533. The third-order valence-electron chi connectivity index (χ3n) is 2.53. The molecule has 19 heavy (non-hydrogen) atoms. The summed E-state index contributed by atoms with van der Waals surface area (Å²) < 4.78 is 10.4. The molecule has 0 radical (unpaired) electrons. The Labute approximate surface area is 115 Å². The van der Waals surface area contributed by atoms with Gasteiger partial charge in [0.2, 0.25) is 0 Å². The molecule has 1 atom stereocenters. The number of esters is 1. The first-order chi connectivity index (χ1) is 8.81. The summed E-state index contributed by atoms with van der Waals surface area (Å²) in [6.45, 7) is 8.01. The quantitative estimate of drug-likeness (QED) is 0.831. The molecule has 106 valence electrons. The van der Waals surface area contributed by atoms with Gasteiger partial charge in [0.25, 0.3) is 0 Å². The van der Waals surface area contributed by atoms with Crippen LogP contribution in [0.25, 0.3) is 0 Å². The van der Waals surface area contributed by atoms with Crippen LogP contribution in [0.1, 0.15) is 33.3 Å². The maximum absolute atomic E-state index is 11.8. The molecule has 4 heteroatoms. The van der Waals surface area contributed by atoms with Crippen LogP contribution < -0.4 is 10.1 Å². The lowest BCUT2D eigenvalue weighted by molar-refractivity contribution is -0.157. The Balaban J connectivity index is 2.44. The van der Waals surface area contributed by atoms with Gasteiger partial charge in [-0.1, -0.05) is 12.1 Å². The van der Waals surface area contributed by atoms with Crippen molar-refractivity contribution in [3.05, 3.63) is 29.8 Å². The zero-order valence-corrected chi connectivity index (χ0v) is 12.3. The van der Waals surface area contributed by atoms with E-state index in [-0.39, 0.29) is 12.0 Å². The molecule has 1 aromatic rings. The fourth-order valence-corrected chi connectivity index (χ4v) is 1.49. The highest BCUT2D eigenvalue weighted by molar-refractivity contribution is 5.75. The monoisotopic (exact) mass is 265 g/mol. The maximum Gasteiger partial charge on any atom is 0.323 e. The standard InChI is InChI=1S/C15H23NO3/c1-11(14(17)19-15(2,3)4)16-10-12-6-8-13(18-5)9-7-12/h6-9,11,16H,10H2,1-5H3/t11-/m0/s1. The maximum atomic E-state index is 11.8. The zero-order valence-electron chi connectivity index (χ0n) is 12.3. The third-order valence-corrected chi connectivity index (χ3v) is 2.53. The summed E-state index contributed by atoms with van der Waals surface area (Å²) in [5.74, 6) is 0.588. The van der Waals surface area contributed by atoms with Crippen molar-refractivity contribution in [1.29, 1.82) is 0 Å². The van der Waals surface area contributed by atoms with E-state index in [0.717, 1.165) is 11.3 Å². The predicted molar refractivity (Wildman–Crippen MR) is 75.1 cm³/mol. The van der Waals surface area contributed by atoms with Gasteiger partial charge in [0.1, 0.15) is 17.4 Å². The van der Waals surface area contributed by atoms with Crippen molar-refractivity contribution in [3.8, 4) is 5.75 Å². The van der Waals surface area contributed by atoms with Gasteiger partial charge >= 0.3 is 5.97 Å². The second-order valence-electron chi connectivity index (χ2n) is 5.48. The van der Waals surface area contributed by atoms with Crippen LogP contribution in [0.15, 0.2) is 24.3 Å². The van der Waals surface area contributed by atoms with Gasteiger partial charge in [-0.25, -0.2) is 0 Å². The van der Waals surface area contributed by atoms with Crippen molar-refractivity contribution in [3.63, 3.8) is 0 Å². The Morgan fingerprint density at radius 2 is 1.84 bits per heavy atom. The molecule has 4 nitrogen and oxygen atoms in total. The summed E-state index contributed by atoms with van der Waals surface area (Å²) in [6.07, 6.45) is 0. The van der Waals surface area contributed by atoms with Crippen LogP contribution in [0.5, 0.6) is 5.75 Å². The lowest BCUT2D eigenvalue weighted by Gasteiger charge is -2.22. The van der Waals surface area contributed by atoms with Crippen LogP contribution in [0.2, 0.25) is 0 Å². The second-order valence-corrected chi connectivity index (χ2v) is 5.48. The van der Waals surface area contributed by atoms with E-state index < -0.39 is 5.60 Å². The number of benzene rings is 1. The van der Waals surface area contributed by atoms with Crippen LogP contribution >= 0.6 is 0 Å². The molecule has 1 aromatic carbocycles. The Morgan fingerprint density at radius 3 is 2.32 bits per heavy atom. The summed E-state index contributed by atoms with van der Waals surface area (Å²) in [4.78, 5) is 11.8. The van der Waals surface area contributed by atoms with E-state index in [4.69, 9.17) is 9.47 Å². The Hall–Kier alpha value is -1.55. The van der Waals surface area contributed by atoms with E-state index in [0.29, 0.717) is 6.54 Å². The first-order valence-electron chi connectivity index (χ1n) is 6.41. The fourth-order valence-electron chi connectivity index (χ4n) is 1.49. The molecule has 0 aliphatic heterocycles. The number of hydrogen-bond donors (Lipinski definition) is 1. The minimum absolute atomic E-state index is 0.235. The van der Waals surface area contributed by atoms with Crippen LogP contribution in [-0.4, -0.2) is 24.7 Å². The summed E-state index contributed by atoms with van der Waals surface area (Å²) in [5, 5.41) is 3.14. The number of rotatable bonds is 5. The highest BCUT2D eigenvalue weighted by Gasteiger charge is 2.21. The molecule has 0 bridgehead atoms. The van der Waals surface area contributed by atoms with E-state index in [1.165, 1.54) is 0 Å². The summed E-state index contributed by atoms with van der Waals surface area (Å²) >= 11 is 0. The first-order valence-corrected chi connectivity index (χ1v) is 6.41. The number of hydrogen-bond acceptors (Lipinski definition) is 4. The number of ether oxygens (including phenoxy) is 2. The molecule has 0 unspecified atom stereocenters. The first kappa shape index (κ1) is 15.5. The van der Waals surface area contributed by atoms with E-state index in [1.807, 2.05) is 45.0 Å². The minimum atomic E-state index is -0.451. The number of carbonyl (C=O) groups excluding carboxylic acids is 1. The van der Waals surface area contributed by atoms with Crippen molar-refractivity contribution in [2.45, 2.75) is 45.9 Å². The average molecular weight is 265 g/mol. The Morgan fingerprint density at radius 1 is 1.26 bits per heavy atom. The van der Waals surface area contributed by atoms with E-state index in [9.17, 15) is 4.79 Å². The molecular weight excluding hydrogens is 242 g/mol. The van der Waals surface area contributed by atoms with E-state index in [2.05, 4.69) is 5.32 Å². The van der Waals surface area contributed by atoms with Crippen LogP contribution in [0, 0.1) is 0 Å². The molecule has 1 N–H and O–H groups in total. The smallest absolute Gasteiger partial charge is 0.323 e. The lowest BCUT2D eigenvalue weighted by Crippen LogP contribution is -2.38. The van der Waals surface area contributed by atoms with Crippen molar-refractivity contribution in [2.75, 3.05) is 7.11 Å². The van der Waals surface area contributed by atoms with Crippen LogP contribution in [0.4, 0.5) is 0 Å². The van der Waals surface area contributed by atoms with Crippen molar-refractivity contribution in [1.82, 2.24) is 5.32 Å². The van der Waals surface area contributed by atoms with Gasteiger partial charge in [-0.3, -0.25) is 4.79 Å². The number of methoxy groups -OCH3 is 1. The van der Waals surface area contributed by atoms with Crippen LogP contribution in [-0.2, 0) is 16.1 Å². The molecule has 0 aliphatic rings. The average Bonchev–Trinajstić information content (AvgIpc) is 2.34. The number of nitrogens with one attached hydrogen (secondary N) is 1. The summed E-state index contributed by atoms with van der Waals surface area (Å²) in [5.41, 5.74) is 0.642. The topological polar surface area (TPSA) is 47.6 Å². The van der Waals surface area contributed by atoms with Gasteiger partial charge in [0, 0.05) is 6.54 Å². The van der Waals surface area contributed by atoms with Gasteiger partial charge in [-0.05, 0) is 45.4 Å². The molecule has 0 amide bonds. The zero-order chi connectivity index (χ0) is 14.5. The Bertz CT molecular complexity index is 406. The van der Waals surface area contributed by atoms with Gasteiger partial charge in [-0.15, -0.1) is 0 Å². The predicted octanol–water partition coefficient (Wildman–Crippen LogP) is 2.52. The van der Waals surface area contributed by atoms with Gasteiger partial charge < -0.3 is 14.8 Å². The highest BCUT2D eigenvalue weighted by atomic mass is 16.6. The molecule has 0 spiro atoms. The van der Waals surface area contributed by atoms with Crippen molar-refractivity contribution >= 4 is 5.97 Å². The van der Waals surface area contributed by atoms with Gasteiger partial charge in [0.15, 0.2) is 0 Å². The van der Waals surface area contributed by atoms with E-state index in [1.54, 1.807) is 14.0 Å². The second kappa shape index (κ2) is 6.57. The SMILES string of the molecule is COc1ccc(CN[C@@H](C)C(=O)OC(C)(C)C)cc1. The minimum Gasteiger partial charge on any atom is -0.497 e. The van der Waals surface area contributed by atoms with Gasteiger partial charge in [-0.2, -0.15) is 0 Å². The highest BCUT2D eigenvalue weighted by Crippen LogP contribution is 2.12. The molecule has 0 fully saturated rings. The lowest BCUT2D eigenvalue weighted by atomic mass is 10.2. The molecule has 0 heterocycles. The number of carbonyl (C=O) groups is 1. The largest absolute Gasteiger partial charge is 0.497 e. The molecular formula is C15H23NO3. The molecule has 0 saturated heterocycles.